The van der Waals surface area contributed by atoms with Crippen molar-refractivity contribution in [1.29, 1.82) is 0 Å². The SMILES string of the molecule is COc1cccc([C@@H]2Oc3ccc(C)cc3C3=C2[C@@H](c2ccc(F)cc2)n2ncnc2N3)c1OC. The van der Waals surface area contributed by atoms with Crippen LogP contribution in [0.15, 0.2) is 72.6 Å². The molecule has 0 unspecified atom stereocenters. The van der Waals surface area contributed by atoms with Crippen LogP contribution in [0.1, 0.15) is 34.4 Å². The molecule has 0 spiro atoms. The van der Waals surface area contributed by atoms with Crippen molar-refractivity contribution in [3.8, 4) is 17.2 Å². The fourth-order valence-corrected chi connectivity index (χ4v) is 4.93. The van der Waals surface area contributed by atoms with Crippen molar-refractivity contribution in [3.05, 3.63) is 101 Å². The van der Waals surface area contributed by atoms with Gasteiger partial charge in [0.1, 0.15) is 23.9 Å². The predicted molar refractivity (Wildman–Crippen MR) is 129 cm³/mol. The highest BCUT2D eigenvalue weighted by Crippen LogP contribution is 2.52. The maximum absolute atomic E-state index is 13.9. The van der Waals surface area contributed by atoms with Crippen molar-refractivity contribution in [2.45, 2.75) is 19.1 Å². The minimum atomic E-state index is -0.537. The van der Waals surface area contributed by atoms with Crippen LogP contribution in [0.25, 0.3) is 5.70 Å². The summed E-state index contributed by atoms with van der Waals surface area (Å²) in [5.41, 5.74) is 5.50. The van der Waals surface area contributed by atoms with E-state index in [0.717, 1.165) is 39.3 Å². The molecule has 8 heteroatoms. The quantitative estimate of drug-likeness (QED) is 0.436. The van der Waals surface area contributed by atoms with E-state index in [-0.39, 0.29) is 11.9 Å². The number of ether oxygens (including phenoxy) is 3. The summed E-state index contributed by atoms with van der Waals surface area (Å²) in [7, 11) is 3.22. The Hall–Kier alpha value is -4.33. The molecule has 0 saturated heterocycles. The van der Waals surface area contributed by atoms with Crippen molar-refractivity contribution in [2.24, 2.45) is 0 Å². The first kappa shape index (κ1) is 21.2. The second kappa shape index (κ2) is 8.16. The van der Waals surface area contributed by atoms with E-state index in [1.807, 2.05) is 37.3 Å². The fourth-order valence-electron chi connectivity index (χ4n) is 4.93. The molecule has 0 aliphatic carbocycles. The van der Waals surface area contributed by atoms with Gasteiger partial charge in [-0.3, -0.25) is 0 Å². The number of aryl methyl sites for hydroxylation is 1. The molecular formula is C27H23FN4O3. The van der Waals surface area contributed by atoms with Gasteiger partial charge in [0.15, 0.2) is 17.6 Å². The standard InChI is InChI=1S/C27H23FN4O3/c1-15-7-12-20-19(13-15)23-22(26(35-20)18-5-4-6-21(33-2)25(18)34-3)24(16-8-10-17(28)11-9-16)32-27(31-23)29-14-30-32/h4-14,24,26H,1-3H3,(H,29,30,31)/t24-,26+/m1/s1. The van der Waals surface area contributed by atoms with Gasteiger partial charge in [-0.2, -0.15) is 10.1 Å². The second-order valence-electron chi connectivity index (χ2n) is 8.52. The van der Waals surface area contributed by atoms with E-state index < -0.39 is 6.10 Å². The van der Waals surface area contributed by atoms with Crippen LogP contribution in [0.5, 0.6) is 17.2 Å². The number of fused-ring (bicyclic) bond motifs is 3. The molecule has 4 aromatic rings. The van der Waals surface area contributed by atoms with Crippen LogP contribution in [0, 0.1) is 12.7 Å². The zero-order valence-corrected chi connectivity index (χ0v) is 19.4. The van der Waals surface area contributed by atoms with Gasteiger partial charge >= 0.3 is 0 Å². The van der Waals surface area contributed by atoms with Gasteiger partial charge in [-0.05, 0) is 42.8 Å². The molecule has 3 aromatic carbocycles. The lowest BCUT2D eigenvalue weighted by atomic mass is 9.84. The summed E-state index contributed by atoms with van der Waals surface area (Å²) in [6.07, 6.45) is 0.973. The lowest BCUT2D eigenvalue weighted by molar-refractivity contribution is 0.216. The van der Waals surface area contributed by atoms with E-state index in [0.29, 0.717) is 17.4 Å². The molecule has 35 heavy (non-hydrogen) atoms. The molecule has 0 radical (unpaired) electrons. The highest BCUT2D eigenvalue weighted by molar-refractivity contribution is 5.85. The number of aromatic nitrogens is 3. The second-order valence-corrected chi connectivity index (χ2v) is 8.52. The summed E-state index contributed by atoms with van der Waals surface area (Å²) >= 11 is 0. The number of para-hydroxylation sites is 1. The van der Waals surface area contributed by atoms with E-state index >= 15 is 0 Å². The van der Waals surface area contributed by atoms with Crippen LogP contribution in [0.4, 0.5) is 10.3 Å². The number of hydrogen-bond acceptors (Lipinski definition) is 6. The molecule has 176 valence electrons. The van der Waals surface area contributed by atoms with Crippen molar-refractivity contribution < 1.29 is 18.6 Å². The largest absolute Gasteiger partial charge is 0.493 e. The monoisotopic (exact) mass is 470 g/mol. The van der Waals surface area contributed by atoms with E-state index in [1.54, 1.807) is 31.0 Å². The Kier molecular flexibility index (Phi) is 4.95. The number of hydrogen-bond donors (Lipinski definition) is 1. The number of anilines is 1. The summed E-state index contributed by atoms with van der Waals surface area (Å²) in [4.78, 5) is 4.44. The van der Waals surface area contributed by atoms with E-state index in [1.165, 1.54) is 18.5 Å². The molecule has 1 aromatic heterocycles. The first-order valence-electron chi connectivity index (χ1n) is 11.2. The molecule has 2 aliphatic heterocycles. The Balaban J connectivity index is 1.65. The molecule has 7 nitrogen and oxygen atoms in total. The van der Waals surface area contributed by atoms with Crippen LogP contribution in [0.3, 0.4) is 0 Å². The highest BCUT2D eigenvalue weighted by Gasteiger charge is 2.42. The summed E-state index contributed by atoms with van der Waals surface area (Å²) < 4.78 is 33.7. The van der Waals surface area contributed by atoms with Gasteiger partial charge in [0.2, 0.25) is 5.95 Å². The minimum absolute atomic E-state index is 0.303. The van der Waals surface area contributed by atoms with E-state index in [2.05, 4.69) is 21.5 Å². The fraction of sp³-hybridized carbons (Fsp3) is 0.185. The van der Waals surface area contributed by atoms with Gasteiger partial charge in [-0.25, -0.2) is 9.07 Å². The molecule has 2 atom stereocenters. The van der Waals surface area contributed by atoms with Crippen molar-refractivity contribution >= 4 is 11.6 Å². The topological polar surface area (TPSA) is 70.4 Å². The smallest absolute Gasteiger partial charge is 0.226 e. The first-order valence-corrected chi connectivity index (χ1v) is 11.2. The Morgan fingerprint density at radius 3 is 2.63 bits per heavy atom. The Morgan fingerprint density at radius 1 is 1.03 bits per heavy atom. The van der Waals surface area contributed by atoms with Crippen LogP contribution in [-0.4, -0.2) is 29.0 Å². The van der Waals surface area contributed by atoms with E-state index in [9.17, 15) is 4.39 Å². The molecule has 0 saturated carbocycles. The van der Waals surface area contributed by atoms with Gasteiger partial charge in [-0.15, -0.1) is 0 Å². The Morgan fingerprint density at radius 2 is 1.86 bits per heavy atom. The van der Waals surface area contributed by atoms with Gasteiger partial charge in [0.05, 0.1) is 19.9 Å². The lowest BCUT2D eigenvalue weighted by Crippen LogP contribution is -2.32. The summed E-state index contributed by atoms with van der Waals surface area (Å²) in [6.45, 7) is 2.04. The van der Waals surface area contributed by atoms with Crippen molar-refractivity contribution in [1.82, 2.24) is 14.8 Å². The molecule has 0 amide bonds. The van der Waals surface area contributed by atoms with Gasteiger partial charge in [0, 0.05) is 16.7 Å². The summed E-state index contributed by atoms with van der Waals surface area (Å²) in [5, 5.41) is 7.99. The summed E-state index contributed by atoms with van der Waals surface area (Å²) in [5.74, 6) is 2.23. The number of rotatable bonds is 4. The third kappa shape index (κ3) is 3.32. The third-order valence-electron chi connectivity index (χ3n) is 6.47. The van der Waals surface area contributed by atoms with Crippen LogP contribution in [0.2, 0.25) is 0 Å². The maximum Gasteiger partial charge on any atom is 0.226 e. The van der Waals surface area contributed by atoms with E-state index in [4.69, 9.17) is 14.2 Å². The number of nitrogens with one attached hydrogen (secondary N) is 1. The number of nitrogens with zero attached hydrogens (tertiary/aromatic N) is 3. The van der Waals surface area contributed by atoms with Crippen molar-refractivity contribution in [2.75, 3.05) is 19.5 Å². The minimum Gasteiger partial charge on any atom is -0.493 e. The van der Waals surface area contributed by atoms with Crippen LogP contribution < -0.4 is 19.5 Å². The van der Waals surface area contributed by atoms with Gasteiger partial charge in [0.25, 0.3) is 0 Å². The van der Waals surface area contributed by atoms with Gasteiger partial charge < -0.3 is 19.5 Å². The molecule has 3 heterocycles. The Bertz CT molecular complexity index is 1460. The average Bonchev–Trinajstić information content (AvgIpc) is 3.35. The molecule has 1 N–H and O–H groups in total. The Labute approximate surface area is 201 Å². The zero-order valence-electron chi connectivity index (χ0n) is 19.4. The summed E-state index contributed by atoms with van der Waals surface area (Å²) in [6, 6.07) is 17.9. The molecule has 0 bridgehead atoms. The van der Waals surface area contributed by atoms with Crippen molar-refractivity contribution in [3.63, 3.8) is 0 Å². The lowest BCUT2D eigenvalue weighted by Gasteiger charge is -2.39. The normalized spacial score (nSPS) is 18.1. The molecule has 0 fully saturated rings. The first-order chi connectivity index (χ1) is 17.1. The molecule has 6 rings (SSSR count). The molecular weight excluding hydrogens is 447 g/mol. The van der Waals surface area contributed by atoms with Gasteiger partial charge in [-0.1, -0.05) is 35.9 Å². The zero-order chi connectivity index (χ0) is 24.1. The molecule has 2 aliphatic rings. The highest BCUT2D eigenvalue weighted by atomic mass is 19.1. The van der Waals surface area contributed by atoms with Crippen LogP contribution in [-0.2, 0) is 0 Å². The number of methoxy groups -OCH3 is 2. The third-order valence-corrected chi connectivity index (χ3v) is 6.47. The maximum atomic E-state index is 13.9. The number of benzene rings is 3. The number of halogens is 1. The van der Waals surface area contributed by atoms with Crippen LogP contribution >= 0.6 is 0 Å². The predicted octanol–water partition coefficient (Wildman–Crippen LogP) is 5.30. The average molecular weight is 471 g/mol.